The van der Waals surface area contributed by atoms with Gasteiger partial charge in [-0.2, -0.15) is 0 Å². The van der Waals surface area contributed by atoms with Crippen LogP contribution in [0.2, 0.25) is 0 Å². The van der Waals surface area contributed by atoms with Crippen LogP contribution in [-0.2, 0) is 6.54 Å². The number of pyridine rings is 1. The maximum Gasteiger partial charge on any atom is 0.141 e. The zero-order valence-electron chi connectivity index (χ0n) is 10.8. The van der Waals surface area contributed by atoms with Crippen LogP contribution >= 0.6 is 0 Å². The van der Waals surface area contributed by atoms with Crippen LogP contribution in [0, 0.1) is 5.41 Å². The maximum atomic E-state index is 7.35. The van der Waals surface area contributed by atoms with Crippen molar-refractivity contribution in [3.8, 4) is 0 Å². The Hall–Kier alpha value is -1.46. The number of hydrogen-bond donors (Lipinski definition) is 2. The molecule has 0 saturated carbocycles. The molecule has 0 radical (unpaired) electrons. The molecule has 94 valence electrons. The van der Waals surface area contributed by atoms with Crippen molar-refractivity contribution in [2.75, 3.05) is 34.2 Å². The van der Waals surface area contributed by atoms with E-state index in [1.807, 2.05) is 12.1 Å². The van der Waals surface area contributed by atoms with E-state index in [0.717, 1.165) is 25.2 Å². The molecule has 0 atom stereocenters. The van der Waals surface area contributed by atoms with Gasteiger partial charge in [-0.05, 0) is 38.8 Å². The minimum atomic E-state index is 0.0165. The van der Waals surface area contributed by atoms with Gasteiger partial charge in [-0.15, -0.1) is 0 Å². The molecule has 0 aliphatic heterocycles. The molecule has 0 spiro atoms. The van der Waals surface area contributed by atoms with Crippen molar-refractivity contribution < 1.29 is 0 Å². The Balaban J connectivity index is 2.56. The van der Waals surface area contributed by atoms with E-state index >= 15 is 0 Å². The molecule has 5 nitrogen and oxygen atoms in total. The molecule has 0 saturated heterocycles. The van der Waals surface area contributed by atoms with E-state index in [0.29, 0.717) is 5.69 Å². The van der Waals surface area contributed by atoms with Crippen LogP contribution in [0.1, 0.15) is 11.3 Å². The number of aromatic nitrogens is 1. The lowest BCUT2D eigenvalue weighted by molar-refractivity contribution is 0.276. The zero-order valence-corrected chi connectivity index (χ0v) is 10.8. The molecule has 5 heteroatoms. The minimum Gasteiger partial charge on any atom is -0.382 e. The van der Waals surface area contributed by atoms with Crippen LogP contribution < -0.4 is 5.73 Å². The molecule has 0 aliphatic carbocycles. The normalized spacial score (nSPS) is 11.1. The summed E-state index contributed by atoms with van der Waals surface area (Å²) in [5.41, 5.74) is 7.09. The Morgan fingerprint density at radius 3 is 2.65 bits per heavy atom. The number of hydrogen-bond acceptors (Lipinski definition) is 4. The lowest BCUT2D eigenvalue weighted by atomic mass is 10.2. The third-order valence-electron chi connectivity index (χ3n) is 2.48. The lowest BCUT2D eigenvalue weighted by Crippen LogP contribution is -2.28. The predicted octanol–water partition coefficient (Wildman–Crippen LogP) is 0.359. The molecular weight excluding hydrogens is 214 g/mol. The molecule has 0 bridgehead atoms. The molecule has 0 fully saturated rings. The first kappa shape index (κ1) is 13.6. The van der Waals surface area contributed by atoms with Gasteiger partial charge < -0.3 is 15.5 Å². The first-order valence-corrected chi connectivity index (χ1v) is 5.61. The van der Waals surface area contributed by atoms with E-state index in [9.17, 15) is 0 Å². The zero-order chi connectivity index (χ0) is 12.8. The van der Waals surface area contributed by atoms with Crippen molar-refractivity contribution in [3.63, 3.8) is 0 Å². The molecule has 1 rings (SSSR count). The summed E-state index contributed by atoms with van der Waals surface area (Å²) in [6.45, 7) is 2.88. The van der Waals surface area contributed by atoms with Gasteiger partial charge in [0.15, 0.2) is 0 Å². The number of nitrogens with zero attached hydrogens (tertiary/aromatic N) is 3. The molecule has 1 aromatic heterocycles. The summed E-state index contributed by atoms with van der Waals surface area (Å²) in [5, 5.41) is 7.35. The Bertz CT molecular complexity index is 375. The van der Waals surface area contributed by atoms with E-state index in [-0.39, 0.29) is 5.84 Å². The maximum absolute atomic E-state index is 7.35. The van der Waals surface area contributed by atoms with Gasteiger partial charge in [0, 0.05) is 25.8 Å². The van der Waals surface area contributed by atoms with Gasteiger partial charge in [0.25, 0.3) is 0 Å². The second kappa shape index (κ2) is 6.32. The summed E-state index contributed by atoms with van der Waals surface area (Å²) in [5.74, 6) is 0.0165. The third kappa shape index (κ3) is 4.93. The van der Waals surface area contributed by atoms with E-state index in [4.69, 9.17) is 11.1 Å². The van der Waals surface area contributed by atoms with Gasteiger partial charge in [-0.3, -0.25) is 10.4 Å². The van der Waals surface area contributed by atoms with Gasteiger partial charge in [0.1, 0.15) is 11.5 Å². The Labute approximate surface area is 103 Å². The van der Waals surface area contributed by atoms with Crippen molar-refractivity contribution in [3.05, 3.63) is 29.6 Å². The summed E-state index contributed by atoms with van der Waals surface area (Å²) < 4.78 is 0. The van der Waals surface area contributed by atoms with Crippen LogP contribution in [0.5, 0.6) is 0 Å². The summed E-state index contributed by atoms with van der Waals surface area (Å²) in [6, 6.07) is 3.83. The highest BCUT2D eigenvalue weighted by Gasteiger charge is 2.04. The highest BCUT2D eigenvalue weighted by Crippen LogP contribution is 2.04. The third-order valence-corrected chi connectivity index (χ3v) is 2.48. The first-order valence-electron chi connectivity index (χ1n) is 5.61. The molecule has 1 aromatic rings. The monoisotopic (exact) mass is 235 g/mol. The molecule has 0 aromatic carbocycles. The second-order valence-electron chi connectivity index (χ2n) is 4.50. The van der Waals surface area contributed by atoms with Crippen molar-refractivity contribution in [2.24, 2.45) is 5.73 Å². The van der Waals surface area contributed by atoms with Crippen LogP contribution in [0.4, 0.5) is 0 Å². The summed E-state index contributed by atoms with van der Waals surface area (Å²) in [7, 11) is 6.21. The molecule has 1 heterocycles. The van der Waals surface area contributed by atoms with Gasteiger partial charge in [-0.1, -0.05) is 0 Å². The van der Waals surface area contributed by atoms with Crippen molar-refractivity contribution in [1.82, 2.24) is 14.8 Å². The fourth-order valence-corrected chi connectivity index (χ4v) is 1.48. The van der Waals surface area contributed by atoms with E-state index < -0.39 is 0 Å². The molecule has 17 heavy (non-hydrogen) atoms. The van der Waals surface area contributed by atoms with Crippen LogP contribution in [-0.4, -0.2) is 54.9 Å². The average molecular weight is 235 g/mol. The molecule has 0 unspecified atom stereocenters. The topological polar surface area (TPSA) is 69.2 Å². The number of nitrogens with one attached hydrogen (secondary N) is 1. The molecular formula is C12H21N5. The first-order chi connectivity index (χ1) is 7.99. The smallest absolute Gasteiger partial charge is 0.141 e. The SMILES string of the molecule is CN(C)CCN(C)Cc1ccnc(C(=N)N)c1. The quantitative estimate of drug-likeness (QED) is 0.552. The predicted molar refractivity (Wildman–Crippen MR) is 70.1 cm³/mol. The van der Waals surface area contributed by atoms with Crippen molar-refractivity contribution in [1.29, 1.82) is 5.41 Å². The van der Waals surface area contributed by atoms with Gasteiger partial charge in [0.2, 0.25) is 0 Å². The minimum absolute atomic E-state index is 0.0165. The van der Waals surface area contributed by atoms with E-state index in [1.54, 1.807) is 6.20 Å². The molecule has 3 N–H and O–H groups in total. The number of amidine groups is 1. The number of nitrogen functional groups attached to an aromatic ring is 1. The Morgan fingerprint density at radius 1 is 1.35 bits per heavy atom. The Kier molecular flexibility index (Phi) is 5.06. The molecule has 0 aliphatic rings. The molecule has 0 amide bonds. The largest absolute Gasteiger partial charge is 0.382 e. The summed E-state index contributed by atoms with van der Waals surface area (Å²) >= 11 is 0. The van der Waals surface area contributed by atoms with Gasteiger partial charge in [0.05, 0.1) is 0 Å². The summed E-state index contributed by atoms with van der Waals surface area (Å²) in [4.78, 5) is 8.44. The average Bonchev–Trinajstić information content (AvgIpc) is 2.26. The number of nitrogens with two attached hydrogens (primary N) is 1. The van der Waals surface area contributed by atoms with E-state index in [1.165, 1.54) is 0 Å². The van der Waals surface area contributed by atoms with Gasteiger partial charge >= 0.3 is 0 Å². The standard InChI is InChI=1S/C12H21N5/c1-16(2)6-7-17(3)9-10-4-5-15-11(8-10)12(13)14/h4-5,8H,6-7,9H2,1-3H3,(H3,13,14). The Morgan fingerprint density at radius 2 is 2.06 bits per heavy atom. The number of rotatable bonds is 6. The van der Waals surface area contributed by atoms with Crippen LogP contribution in [0.3, 0.4) is 0 Å². The van der Waals surface area contributed by atoms with Crippen LogP contribution in [0.15, 0.2) is 18.3 Å². The van der Waals surface area contributed by atoms with Crippen molar-refractivity contribution >= 4 is 5.84 Å². The number of likely N-dealkylation sites (N-methyl/N-ethyl adjacent to an activating group) is 2. The highest BCUT2D eigenvalue weighted by molar-refractivity contribution is 5.93. The summed E-state index contributed by atoms with van der Waals surface area (Å²) in [6.07, 6.45) is 1.70. The van der Waals surface area contributed by atoms with Crippen molar-refractivity contribution in [2.45, 2.75) is 6.54 Å². The van der Waals surface area contributed by atoms with Crippen LogP contribution in [0.25, 0.3) is 0 Å². The van der Waals surface area contributed by atoms with E-state index in [2.05, 4.69) is 35.9 Å². The lowest BCUT2D eigenvalue weighted by Gasteiger charge is -2.19. The fourth-order valence-electron chi connectivity index (χ4n) is 1.48. The highest BCUT2D eigenvalue weighted by atomic mass is 15.1. The second-order valence-corrected chi connectivity index (χ2v) is 4.50. The van der Waals surface area contributed by atoms with Gasteiger partial charge in [-0.25, -0.2) is 0 Å². The fraction of sp³-hybridized carbons (Fsp3) is 0.500.